The summed E-state index contributed by atoms with van der Waals surface area (Å²) < 4.78 is 11.9. The molecule has 0 radical (unpaired) electrons. The van der Waals surface area contributed by atoms with E-state index in [2.05, 4.69) is 15.6 Å². The zero-order valence-corrected chi connectivity index (χ0v) is 17.0. The maximum absolute atomic E-state index is 12.0. The van der Waals surface area contributed by atoms with Crippen LogP contribution >= 0.6 is 0 Å². The Kier molecular flexibility index (Phi) is 7.35. The Hall–Kier alpha value is -1.34. The third-order valence-electron chi connectivity index (χ3n) is 5.99. The van der Waals surface area contributed by atoms with Crippen LogP contribution in [0.15, 0.2) is 4.99 Å². The van der Waals surface area contributed by atoms with Crippen LogP contribution in [0.3, 0.4) is 0 Å². The van der Waals surface area contributed by atoms with Gasteiger partial charge in [0.1, 0.15) is 6.54 Å². The van der Waals surface area contributed by atoms with Gasteiger partial charge in [-0.05, 0) is 38.5 Å². The zero-order chi connectivity index (χ0) is 19.1. The first-order valence-electron chi connectivity index (χ1n) is 10.6. The lowest BCUT2D eigenvalue weighted by Crippen LogP contribution is -2.53. The summed E-state index contributed by atoms with van der Waals surface area (Å²) in [6.07, 6.45) is 10.6. The Morgan fingerprint density at radius 2 is 1.96 bits per heavy atom. The van der Waals surface area contributed by atoms with E-state index in [9.17, 15) is 4.79 Å². The highest BCUT2D eigenvalue weighted by Crippen LogP contribution is 2.38. The van der Waals surface area contributed by atoms with E-state index >= 15 is 0 Å². The number of aliphatic imine (C=N–C) groups is 1. The summed E-state index contributed by atoms with van der Waals surface area (Å²) in [6.45, 7) is 2.53. The summed E-state index contributed by atoms with van der Waals surface area (Å²) in [5.41, 5.74) is 0.0489. The average molecular weight is 381 g/mol. The van der Waals surface area contributed by atoms with Crippen molar-refractivity contribution in [2.24, 2.45) is 4.99 Å². The molecule has 3 rings (SSSR count). The number of likely N-dealkylation sites (N-methyl/N-ethyl adjacent to an activating group) is 1. The van der Waals surface area contributed by atoms with E-state index in [0.717, 1.165) is 51.4 Å². The lowest BCUT2D eigenvalue weighted by Gasteiger charge is -2.44. The van der Waals surface area contributed by atoms with Crippen molar-refractivity contribution in [2.45, 2.75) is 75.5 Å². The summed E-state index contributed by atoms with van der Waals surface area (Å²) in [5.74, 6) is 0.725. The molecular formula is C20H36N4O3. The quantitative estimate of drug-likeness (QED) is 0.561. The van der Waals surface area contributed by atoms with Crippen molar-refractivity contribution in [1.29, 1.82) is 0 Å². The summed E-state index contributed by atoms with van der Waals surface area (Å²) in [6, 6.07) is 0.335. The van der Waals surface area contributed by atoms with Gasteiger partial charge in [-0.25, -0.2) is 4.99 Å². The molecule has 2 aliphatic heterocycles. The number of nitrogens with zero attached hydrogens (tertiary/aromatic N) is 2. The second-order valence-electron chi connectivity index (χ2n) is 8.40. The summed E-state index contributed by atoms with van der Waals surface area (Å²) >= 11 is 0. The van der Waals surface area contributed by atoms with Crippen molar-refractivity contribution in [1.82, 2.24) is 15.5 Å². The van der Waals surface area contributed by atoms with E-state index in [0.29, 0.717) is 6.04 Å². The van der Waals surface area contributed by atoms with Crippen LogP contribution in [0.25, 0.3) is 0 Å². The molecule has 2 saturated heterocycles. The average Bonchev–Trinajstić information content (AvgIpc) is 3.18. The minimum atomic E-state index is 0.00365. The molecule has 7 nitrogen and oxygen atoms in total. The largest absolute Gasteiger partial charge is 0.376 e. The Labute approximate surface area is 163 Å². The number of carbonyl (C=O) groups is 1. The number of nitrogens with one attached hydrogen (secondary N) is 2. The predicted molar refractivity (Wildman–Crippen MR) is 106 cm³/mol. The third kappa shape index (κ3) is 6.07. The highest BCUT2D eigenvalue weighted by atomic mass is 16.5. The molecule has 2 N–H and O–H groups in total. The number of ether oxygens (including phenoxy) is 2. The first-order chi connectivity index (χ1) is 13.1. The number of guanidine groups is 1. The van der Waals surface area contributed by atoms with Gasteiger partial charge in [-0.3, -0.25) is 4.79 Å². The smallest absolute Gasteiger partial charge is 0.243 e. The van der Waals surface area contributed by atoms with Gasteiger partial charge in [-0.2, -0.15) is 0 Å². The summed E-state index contributed by atoms with van der Waals surface area (Å²) in [4.78, 5) is 18.1. The van der Waals surface area contributed by atoms with Gasteiger partial charge in [-0.1, -0.05) is 19.3 Å². The van der Waals surface area contributed by atoms with Gasteiger partial charge in [0.15, 0.2) is 5.96 Å². The van der Waals surface area contributed by atoms with Crippen molar-refractivity contribution in [3.05, 3.63) is 0 Å². The van der Waals surface area contributed by atoms with Gasteiger partial charge in [0.25, 0.3) is 0 Å². The molecule has 1 saturated carbocycles. The highest BCUT2D eigenvalue weighted by molar-refractivity contribution is 5.85. The zero-order valence-electron chi connectivity index (χ0n) is 17.0. The molecular weight excluding hydrogens is 344 g/mol. The van der Waals surface area contributed by atoms with Crippen molar-refractivity contribution < 1.29 is 14.3 Å². The summed E-state index contributed by atoms with van der Waals surface area (Å²) in [7, 11) is 3.52. The van der Waals surface area contributed by atoms with Crippen LogP contribution in [0.5, 0.6) is 0 Å². The van der Waals surface area contributed by atoms with Crippen LogP contribution in [-0.2, 0) is 14.3 Å². The van der Waals surface area contributed by atoms with Gasteiger partial charge in [-0.15, -0.1) is 0 Å². The molecule has 2 heterocycles. The van der Waals surface area contributed by atoms with Crippen LogP contribution in [0.1, 0.15) is 57.8 Å². The highest BCUT2D eigenvalue weighted by Gasteiger charge is 2.38. The van der Waals surface area contributed by atoms with Gasteiger partial charge < -0.3 is 25.0 Å². The molecule has 0 bridgehead atoms. The first kappa shape index (κ1) is 20.4. The van der Waals surface area contributed by atoms with Crippen molar-refractivity contribution in [2.75, 3.05) is 40.4 Å². The number of carbonyl (C=O) groups excluding carboxylic acids is 1. The van der Waals surface area contributed by atoms with Crippen LogP contribution in [0.2, 0.25) is 0 Å². The molecule has 3 fully saturated rings. The van der Waals surface area contributed by atoms with E-state index in [-0.39, 0.29) is 24.2 Å². The molecule has 0 aromatic heterocycles. The lowest BCUT2D eigenvalue weighted by atomic mass is 9.78. The topological polar surface area (TPSA) is 75.2 Å². The molecule has 0 aromatic carbocycles. The fourth-order valence-electron chi connectivity index (χ4n) is 4.35. The number of hydrogen-bond acceptors (Lipinski definition) is 4. The van der Waals surface area contributed by atoms with E-state index in [1.54, 1.807) is 19.0 Å². The van der Waals surface area contributed by atoms with Gasteiger partial charge in [0.2, 0.25) is 5.91 Å². The monoisotopic (exact) mass is 380 g/mol. The Bertz CT molecular complexity index is 506. The third-order valence-corrected chi connectivity index (χ3v) is 5.99. The fourth-order valence-corrected chi connectivity index (χ4v) is 4.35. The van der Waals surface area contributed by atoms with Crippen molar-refractivity contribution in [3.8, 4) is 0 Å². The van der Waals surface area contributed by atoms with Crippen molar-refractivity contribution in [3.63, 3.8) is 0 Å². The SMILES string of the molecule is CN(C)C(=O)CN=C(NCC1CCCO1)NC1CCOC2(CCCCC2)C1. The molecule has 7 heteroatoms. The normalized spacial score (nSPS) is 28.1. The predicted octanol–water partition coefficient (Wildman–Crippen LogP) is 1.67. The van der Waals surface area contributed by atoms with Crippen LogP contribution < -0.4 is 10.6 Å². The van der Waals surface area contributed by atoms with E-state index in [1.807, 2.05) is 0 Å². The second kappa shape index (κ2) is 9.73. The Morgan fingerprint density at radius 1 is 1.15 bits per heavy atom. The first-order valence-corrected chi connectivity index (χ1v) is 10.6. The van der Waals surface area contributed by atoms with E-state index < -0.39 is 0 Å². The maximum Gasteiger partial charge on any atom is 0.243 e. The standard InChI is InChI=1S/C20H36N4O3/c1-24(2)18(25)15-22-19(21-14-17-7-6-11-26-17)23-16-8-12-27-20(13-16)9-4-3-5-10-20/h16-17H,3-15H2,1-2H3,(H2,21,22,23). The second-order valence-corrected chi connectivity index (χ2v) is 8.40. The molecule has 1 amide bonds. The number of amides is 1. The number of rotatable bonds is 5. The minimum Gasteiger partial charge on any atom is -0.376 e. The molecule has 2 atom stereocenters. The van der Waals surface area contributed by atoms with Gasteiger partial charge >= 0.3 is 0 Å². The fraction of sp³-hybridized carbons (Fsp3) is 0.900. The Morgan fingerprint density at radius 3 is 2.67 bits per heavy atom. The minimum absolute atomic E-state index is 0.00365. The van der Waals surface area contributed by atoms with Crippen LogP contribution in [0, 0.1) is 0 Å². The van der Waals surface area contributed by atoms with E-state index in [1.165, 1.54) is 32.1 Å². The maximum atomic E-state index is 12.0. The van der Waals surface area contributed by atoms with Crippen LogP contribution in [-0.4, -0.2) is 74.9 Å². The van der Waals surface area contributed by atoms with Gasteiger partial charge in [0, 0.05) is 39.9 Å². The molecule has 1 spiro atoms. The van der Waals surface area contributed by atoms with Crippen molar-refractivity contribution >= 4 is 11.9 Å². The molecule has 2 unspecified atom stereocenters. The Balaban J connectivity index is 1.58. The van der Waals surface area contributed by atoms with Crippen LogP contribution in [0.4, 0.5) is 0 Å². The molecule has 0 aromatic rings. The molecule has 1 aliphatic carbocycles. The lowest BCUT2D eigenvalue weighted by molar-refractivity contribution is -0.127. The van der Waals surface area contributed by atoms with Gasteiger partial charge in [0.05, 0.1) is 11.7 Å². The molecule has 154 valence electrons. The molecule has 27 heavy (non-hydrogen) atoms. The number of hydrogen-bond donors (Lipinski definition) is 2. The molecule has 3 aliphatic rings. The summed E-state index contributed by atoms with van der Waals surface area (Å²) in [5, 5.41) is 6.98. The van der Waals surface area contributed by atoms with E-state index in [4.69, 9.17) is 9.47 Å².